The van der Waals surface area contributed by atoms with E-state index >= 15 is 0 Å². The van der Waals surface area contributed by atoms with Crippen molar-refractivity contribution in [2.75, 3.05) is 19.0 Å². The summed E-state index contributed by atoms with van der Waals surface area (Å²) in [6.45, 7) is 3.96. The van der Waals surface area contributed by atoms with Crippen molar-refractivity contribution in [2.24, 2.45) is 5.73 Å². The number of primary amides is 1. The van der Waals surface area contributed by atoms with Crippen LogP contribution in [0.25, 0.3) is 5.95 Å². The van der Waals surface area contributed by atoms with E-state index in [9.17, 15) is 9.59 Å². The summed E-state index contributed by atoms with van der Waals surface area (Å²) in [6.07, 6.45) is 4.67. The first-order valence-corrected chi connectivity index (χ1v) is 10.5. The van der Waals surface area contributed by atoms with E-state index in [1.54, 1.807) is 55.7 Å². The number of amides is 1. The molecule has 1 atom stereocenters. The number of nitrogens with zero attached hydrogens (tertiary/aromatic N) is 4. The third-order valence-electron chi connectivity index (χ3n) is 5.01. The number of methoxy groups -OCH3 is 1. The van der Waals surface area contributed by atoms with Gasteiger partial charge in [-0.3, -0.25) is 9.78 Å². The summed E-state index contributed by atoms with van der Waals surface area (Å²) < 4.78 is 12.2. The van der Waals surface area contributed by atoms with Gasteiger partial charge >= 0.3 is 5.69 Å². The van der Waals surface area contributed by atoms with Crippen molar-refractivity contribution < 1.29 is 14.3 Å². The van der Waals surface area contributed by atoms with Gasteiger partial charge < -0.3 is 20.5 Å². The number of nitrogens with one attached hydrogen (secondary N) is 2. The van der Waals surface area contributed by atoms with E-state index in [2.05, 4.69) is 31.9 Å². The molecule has 4 rings (SSSR count). The number of nitrogens with two attached hydrogens (primary N) is 1. The Balaban J connectivity index is 1.78. The molecule has 0 spiro atoms. The predicted octanol–water partition coefficient (Wildman–Crippen LogP) is 2.22. The molecule has 1 amide bonds. The maximum Gasteiger partial charge on any atom is 0.350 e. The lowest BCUT2D eigenvalue weighted by Gasteiger charge is -2.20. The maximum absolute atomic E-state index is 12.7. The maximum atomic E-state index is 12.7. The zero-order valence-corrected chi connectivity index (χ0v) is 18.8. The van der Waals surface area contributed by atoms with Gasteiger partial charge in [-0.1, -0.05) is 18.7 Å². The second-order valence-electron chi connectivity index (χ2n) is 7.30. The number of rotatable bonds is 10. The number of H-pyrrole nitrogens is 1. The van der Waals surface area contributed by atoms with E-state index in [-0.39, 0.29) is 12.6 Å². The fraction of sp³-hybridized carbons (Fsp3) is 0.125. The Kier molecular flexibility index (Phi) is 6.86. The van der Waals surface area contributed by atoms with Gasteiger partial charge in [0.2, 0.25) is 5.91 Å². The van der Waals surface area contributed by atoms with E-state index in [4.69, 9.17) is 15.2 Å². The van der Waals surface area contributed by atoms with Gasteiger partial charge in [-0.2, -0.15) is 0 Å². The van der Waals surface area contributed by atoms with Gasteiger partial charge in [-0.15, -0.1) is 9.78 Å². The van der Waals surface area contributed by atoms with Gasteiger partial charge in [0.25, 0.3) is 5.95 Å². The van der Waals surface area contributed by atoms with Crippen LogP contribution in [-0.4, -0.2) is 44.4 Å². The average Bonchev–Trinajstić information content (AvgIpc) is 3.27. The van der Waals surface area contributed by atoms with Gasteiger partial charge in [-0.25, -0.2) is 14.8 Å². The Morgan fingerprint density at radius 3 is 2.60 bits per heavy atom. The number of aromatic amines is 1. The van der Waals surface area contributed by atoms with Crippen LogP contribution in [0.5, 0.6) is 11.5 Å². The molecule has 0 aliphatic heterocycles. The number of aromatic nitrogens is 5. The normalized spacial score (nSPS) is 11.5. The molecular weight excluding hydrogens is 450 g/mol. The third-order valence-corrected chi connectivity index (χ3v) is 5.01. The minimum absolute atomic E-state index is 0.134. The van der Waals surface area contributed by atoms with Crippen molar-refractivity contribution in [1.29, 1.82) is 0 Å². The molecule has 0 aliphatic carbocycles. The van der Waals surface area contributed by atoms with Crippen LogP contribution in [-0.2, 0) is 0 Å². The number of carbonyl (C=O) groups excluding carboxylic acids is 1. The van der Waals surface area contributed by atoms with Crippen LogP contribution in [0.3, 0.4) is 0 Å². The van der Waals surface area contributed by atoms with Crippen molar-refractivity contribution in [3.8, 4) is 17.4 Å². The van der Waals surface area contributed by atoms with E-state index in [0.717, 1.165) is 10.2 Å². The predicted molar refractivity (Wildman–Crippen MR) is 129 cm³/mol. The van der Waals surface area contributed by atoms with Crippen molar-refractivity contribution >= 4 is 11.6 Å². The van der Waals surface area contributed by atoms with Gasteiger partial charge in [-0.05, 0) is 48.0 Å². The second kappa shape index (κ2) is 10.3. The largest absolute Gasteiger partial charge is 0.493 e. The molecule has 0 fully saturated rings. The fourth-order valence-corrected chi connectivity index (χ4v) is 3.35. The second-order valence-corrected chi connectivity index (χ2v) is 7.30. The van der Waals surface area contributed by atoms with Crippen molar-refractivity contribution in [3.05, 3.63) is 101 Å². The van der Waals surface area contributed by atoms with Gasteiger partial charge in [0.15, 0.2) is 17.3 Å². The molecule has 0 saturated heterocycles. The molecule has 178 valence electrons. The summed E-state index contributed by atoms with van der Waals surface area (Å²) in [5, 5.41) is 7.77. The number of hydrogen-bond acceptors (Lipinski definition) is 8. The van der Waals surface area contributed by atoms with Gasteiger partial charge in [0, 0.05) is 23.6 Å². The first-order valence-electron chi connectivity index (χ1n) is 10.5. The summed E-state index contributed by atoms with van der Waals surface area (Å²) in [5.41, 5.74) is 6.60. The highest BCUT2D eigenvalue weighted by molar-refractivity contribution is 5.93. The van der Waals surface area contributed by atoms with Crippen molar-refractivity contribution in [1.82, 2.24) is 24.7 Å². The smallest absolute Gasteiger partial charge is 0.350 e. The number of ether oxygens (including phenoxy) is 2. The van der Waals surface area contributed by atoms with E-state index in [0.29, 0.717) is 28.6 Å². The highest BCUT2D eigenvalue weighted by Crippen LogP contribution is 2.33. The van der Waals surface area contributed by atoms with Crippen molar-refractivity contribution in [2.45, 2.75) is 6.04 Å². The Labute approximate surface area is 200 Å². The molecule has 35 heavy (non-hydrogen) atoms. The third kappa shape index (κ3) is 5.19. The summed E-state index contributed by atoms with van der Waals surface area (Å²) in [7, 11) is 1.55. The van der Waals surface area contributed by atoms with Crippen molar-refractivity contribution in [3.63, 3.8) is 0 Å². The number of hydrogen-bond donors (Lipinski definition) is 3. The molecule has 11 heteroatoms. The van der Waals surface area contributed by atoms with Gasteiger partial charge in [0.1, 0.15) is 12.6 Å². The van der Waals surface area contributed by atoms with E-state index in [1.807, 2.05) is 6.07 Å². The molecule has 1 unspecified atom stereocenters. The topological polar surface area (TPSA) is 150 Å². The Morgan fingerprint density at radius 2 is 1.94 bits per heavy atom. The lowest BCUT2D eigenvalue weighted by molar-refractivity contribution is 0.100. The first kappa shape index (κ1) is 23.2. The Hall–Kier alpha value is -4.93. The zero-order chi connectivity index (χ0) is 24.8. The van der Waals surface area contributed by atoms with Crippen LogP contribution in [0.1, 0.15) is 27.8 Å². The quantitative estimate of drug-likeness (QED) is 0.297. The Morgan fingerprint density at radius 1 is 1.20 bits per heavy atom. The molecule has 0 radical (unpaired) electrons. The lowest BCUT2D eigenvalue weighted by Crippen LogP contribution is -2.18. The molecule has 0 aliphatic rings. The molecule has 4 N–H and O–H groups in total. The zero-order valence-electron chi connectivity index (χ0n) is 18.8. The molecule has 2 aromatic carbocycles. The molecule has 0 bridgehead atoms. The summed E-state index contributed by atoms with van der Waals surface area (Å²) in [4.78, 5) is 35.1. The highest BCUT2D eigenvalue weighted by atomic mass is 16.5. The lowest BCUT2D eigenvalue weighted by atomic mass is 10.0. The SMILES string of the molecule is C=CCOc1cc(C(Nc2ccc(C(N)=O)cc2)c2nn(-c3ncccn3)c(=O)[nH]2)ccc1OC. The number of benzene rings is 2. The highest BCUT2D eigenvalue weighted by Gasteiger charge is 2.22. The number of anilines is 1. The summed E-state index contributed by atoms with van der Waals surface area (Å²) >= 11 is 0. The minimum Gasteiger partial charge on any atom is -0.493 e. The molecule has 2 heterocycles. The van der Waals surface area contributed by atoms with Crippen LogP contribution in [0.4, 0.5) is 5.69 Å². The molecule has 11 nitrogen and oxygen atoms in total. The average molecular weight is 473 g/mol. The molecule has 0 saturated carbocycles. The van der Waals surface area contributed by atoms with Crippen LogP contribution in [0.15, 0.2) is 78.4 Å². The summed E-state index contributed by atoms with van der Waals surface area (Å²) in [5.74, 6) is 0.944. The first-order chi connectivity index (χ1) is 17.0. The van der Waals surface area contributed by atoms with Crippen LogP contribution in [0.2, 0.25) is 0 Å². The molecular formula is C24H23N7O4. The number of carbonyl (C=O) groups is 1. The van der Waals surface area contributed by atoms with E-state index < -0.39 is 17.6 Å². The minimum atomic E-state index is -0.621. The fourth-order valence-electron chi connectivity index (χ4n) is 3.35. The summed E-state index contributed by atoms with van der Waals surface area (Å²) in [6, 6.07) is 13.0. The van der Waals surface area contributed by atoms with Gasteiger partial charge in [0.05, 0.1) is 7.11 Å². The standard InChI is InChI=1S/C24H23N7O4/c1-3-13-35-19-14-16(7-10-18(19)34-2)20(28-17-8-5-15(6-9-17)21(25)32)22-29-24(33)31(30-22)23-26-11-4-12-27-23/h3-12,14,20,28H,1,13H2,2H3,(H2,25,32)(H,29,30,33). The molecule has 4 aromatic rings. The Bertz CT molecular complexity index is 1380. The monoisotopic (exact) mass is 473 g/mol. The van der Waals surface area contributed by atoms with E-state index in [1.165, 1.54) is 12.4 Å². The van der Waals surface area contributed by atoms with Crippen LogP contribution in [0, 0.1) is 0 Å². The van der Waals surface area contributed by atoms with Crippen LogP contribution < -0.4 is 26.2 Å². The molecule has 2 aromatic heterocycles. The van der Waals surface area contributed by atoms with Crippen LogP contribution >= 0.6 is 0 Å².